The lowest BCUT2D eigenvalue weighted by molar-refractivity contribution is -0.120. The lowest BCUT2D eigenvalue weighted by Gasteiger charge is -1.90. The Labute approximate surface area is 63.1 Å². The van der Waals surface area contributed by atoms with E-state index in [4.69, 9.17) is 14.5 Å². The van der Waals surface area contributed by atoms with Crippen molar-refractivity contribution in [2.24, 2.45) is 11.7 Å². The molecule has 0 aromatic heterocycles. The van der Waals surface area contributed by atoms with Crippen molar-refractivity contribution in [3.05, 3.63) is 0 Å². The number of primary amides is 1. The minimum absolute atomic E-state index is 0.00926. The first-order chi connectivity index (χ1) is 4.37. The molecule has 0 aliphatic rings. The van der Waals surface area contributed by atoms with Gasteiger partial charge in [0, 0.05) is 5.92 Å². The first kappa shape index (κ1) is 12.3. The Morgan fingerprint density at radius 1 is 1.60 bits per heavy atom. The van der Waals surface area contributed by atoms with E-state index in [1.165, 1.54) is 0 Å². The number of carbonyl (C=O) groups is 1. The first-order valence-corrected chi connectivity index (χ1v) is 4.16. The molecule has 0 fully saturated rings. The average Bonchev–Trinajstić information content (AvgIpc) is 1.63. The molecular formula is C5H12NO3S-. The summed E-state index contributed by atoms with van der Waals surface area (Å²) in [4.78, 5) is 9.92. The van der Waals surface area contributed by atoms with Crippen molar-refractivity contribution in [2.75, 3.05) is 6.26 Å². The molecule has 0 radical (unpaired) electrons. The van der Waals surface area contributed by atoms with Crippen molar-refractivity contribution in [2.45, 2.75) is 13.8 Å². The van der Waals surface area contributed by atoms with Crippen LogP contribution in [0, 0.1) is 5.92 Å². The maximum atomic E-state index is 9.92. The lowest BCUT2D eigenvalue weighted by atomic mass is 10.2. The Bertz CT molecular complexity index is 120. The number of amides is 1. The van der Waals surface area contributed by atoms with Crippen LogP contribution in [-0.2, 0) is 15.9 Å². The minimum atomic E-state index is -1.86. The Balaban J connectivity index is 0. The highest BCUT2D eigenvalue weighted by Crippen LogP contribution is 1.84. The van der Waals surface area contributed by atoms with Crippen LogP contribution in [-0.4, -0.2) is 20.9 Å². The molecule has 0 bridgehead atoms. The molecule has 0 aliphatic heterocycles. The lowest BCUT2D eigenvalue weighted by Crippen LogP contribution is -2.17. The Kier molecular flexibility index (Phi) is 8.22. The minimum Gasteiger partial charge on any atom is -0.773 e. The average molecular weight is 166 g/mol. The van der Waals surface area contributed by atoms with Crippen LogP contribution in [0.4, 0.5) is 0 Å². The Hall–Kier alpha value is -0.420. The van der Waals surface area contributed by atoms with Gasteiger partial charge < -0.3 is 10.3 Å². The van der Waals surface area contributed by atoms with Crippen molar-refractivity contribution in [3.8, 4) is 0 Å². The van der Waals surface area contributed by atoms with E-state index in [2.05, 4.69) is 0 Å². The molecule has 0 aromatic carbocycles. The van der Waals surface area contributed by atoms with Gasteiger partial charge >= 0.3 is 0 Å². The number of hydrogen-bond acceptors (Lipinski definition) is 3. The predicted octanol–water partition coefficient (Wildman–Crippen LogP) is -0.377. The Morgan fingerprint density at radius 2 is 1.70 bits per heavy atom. The fourth-order valence-electron chi connectivity index (χ4n) is 0. The summed E-state index contributed by atoms with van der Waals surface area (Å²) in [5, 5.41) is 0. The summed E-state index contributed by atoms with van der Waals surface area (Å²) in [5.41, 5.74) is 4.80. The Morgan fingerprint density at radius 3 is 1.70 bits per heavy atom. The van der Waals surface area contributed by atoms with Gasteiger partial charge in [0.2, 0.25) is 5.91 Å². The van der Waals surface area contributed by atoms with Gasteiger partial charge in [0.25, 0.3) is 0 Å². The molecule has 1 amide bonds. The highest BCUT2D eigenvalue weighted by Gasteiger charge is 1.96. The maximum Gasteiger partial charge on any atom is 0.219 e. The van der Waals surface area contributed by atoms with Crippen molar-refractivity contribution < 1.29 is 13.6 Å². The van der Waals surface area contributed by atoms with Crippen LogP contribution in [0.25, 0.3) is 0 Å². The van der Waals surface area contributed by atoms with Gasteiger partial charge in [-0.1, -0.05) is 24.9 Å². The van der Waals surface area contributed by atoms with Gasteiger partial charge in [-0.15, -0.1) is 0 Å². The molecule has 0 aliphatic carbocycles. The van der Waals surface area contributed by atoms with Gasteiger partial charge in [-0.05, 0) is 6.26 Å². The second-order valence-corrected chi connectivity index (χ2v) is 2.76. The maximum absolute atomic E-state index is 9.92. The van der Waals surface area contributed by atoms with Crippen LogP contribution in [0.15, 0.2) is 0 Å². The molecule has 4 nitrogen and oxygen atoms in total. The molecule has 0 saturated heterocycles. The van der Waals surface area contributed by atoms with E-state index < -0.39 is 11.1 Å². The third-order valence-electron chi connectivity index (χ3n) is 0.569. The van der Waals surface area contributed by atoms with Crippen molar-refractivity contribution in [1.82, 2.24) is 0 Å². The first-order valence-electron chi connectivity index (χ1n) is 2.68. The molecule has 0 heterocycles. The predicted molar refractivity (Wildman–Crippen MR) is 38.9 cm³/mol. The van der Waals surface area contributed by atoms with Crippen LogP contribution < -0.4 is 5.73 Å². The molecule has 0 saturated carbocycles. The quantitative estimate of drug-likeness (QED) is 0.539. The van der Waals surface area contributed by atoms with Crippen LogP contribution in [0.2, 0.25) is 0 Å². The van der Waals surface area contributed by atoms with E-state index in [1.807, 2.05) is 0 Å². The zero-order chi connectivity index (χ0) is 8.73. The SMILES string of the molecule is CC(C)C(N)=O.CS(=O)[O-]. The number of hydrogen-bond donors (Lipinski definition) is 1. The van der Waals surface area contributed by atoms with Gasteiger partial charge in [-0.2, -0.15) is 0 Å². The van der Waals surface area contributed by atoms with E-state index in [1.54, 1.807) is 13.8 Å². The zero-order valence-corrected chi connectivity index (χ0v) is 7.10. The normalized spacial score (nSPS) is 11.7. The number of carbonyl (C=O) groups excluding carboxylic acids is 1. The van der Waals surface area contributed by atoms with E-state index >= 15 is 0 Å². The summed E-state index contributed by atoms with van der Waals surface area (Å²) >= 11 is -1.86. The van der Waals surface area contributed by atoms with Crippen LogP contribution in [0.1, 0.15) is 13.8 Å². The summed E-state index contributed by atoms with van der Waals surface area (Å²) in [6.07, 6.45) is 1.08. The van der Waals surface area contributed by atoms with E-state index in [-0.39, 0.29) is 11.8 Å². The molecule has 1 atom stereocenters. The van der Waals surface area contributed by atoms with E-state index in [0.717, 1.165) is 6.26 Å². The van der Waals surface area contributed by atoms with Crippen LogP contribution in [0.3, 0.4) is 0 Å². The smallest absolute Gasteiger partial charge is 0.219 e. The zero-order valence-electron chi connectivity index (χ0n) is 6.29. The molecule has 1 unspecified atom stereocenters. The molecule has 0 spiro atoms. The van der Waals surface area contributed by atoms with Crippen molar-refractivity contribution in [3.63, 3.8) is 0 Å². The highest BCUT2D eigenvalue weighted by molar-refractivity contribution is 7.78. The second kappa shape index (κ2) is 6.70. The molecule has 0 aromatic rings. The third-order valence-corrected chi connectivity index (χ3v) is 0.569. The largest absolute Gasteiger partial charge is 0.773 e. The summed E-state index contributed by atoms with van der Waals surface area (Å²) < 4.78 is 18.0. The topological polar surface area (TPSA) is 83.2 Å². The molecule has 62 valence electrons. The van der Waals surface area contributed by atoms with Gasteiger partial charge in [0.15, 0.2) is 0 Å². The molecule has 0 rings (SSSR count). The van der Waals surface area contributed by atoms with E-state index in [9.17, 15) is 4.79 Å². The standard InChI is InChI=1S/C4H9NO.CH4O2S/c1-3(2)4(5)6;1-4(2)3/h3H,1-2H3,(H2,5,6);1H3,(H,2,3)/p-1. The highest BCUT2D eigenvalue weighted by atomic mass is 32.2. The summed E-state index contributed by atoms with van der Waals surface area (Å²) in [6.45, 7) is 3.53. The second-order valence-electron chi connectivity index (χ2n) is 1.96. The van der Waals surface area contributed by atoms with Gasteiger partial charge in [-0.25, -0.2) is 0 Å². The fourth-order valence-corrected chi connectivity index (χ4v) is 0. The molecule has 10 heavy (non-hydrogen) atoms. The number of nitrogens with two attached hydrogens (primary N) is 1. The summed E-state index contributed by atoms with van der Waals surface area (Å²) in [7, 11) is 0. The summed E-state index contributed by atoms with van der Waals surface area (Å²) in [5.74, 6) is -0.250. The van der Waals surface area contributed by atoms with Gasteiger partial charge in [0.05, 0.1) is 0 Å². The molecule has 5 heteroatoms. The van der Waals surface area contributed by atoms with Crippen molar-refractivity contribution in [1.29, 1.82) is 0 Å². The van der Waals surface area contributed by atoms with Gasteiger partial charge in [0.1, 0.15) is 0 Å². The van der Waals surface area contributed by atoms with Crippen molar-refractivity contribution >= 4 is 17.0 Å². The van der Waals surface area contributed by atoms with E-state index in [0.29, 0.717) is 0 Å². The molecule has 2 N–H and O–H groups in total. The van der Waals surface area contributed by atoms with Crippen LogP contribution >= 0.6 is 0 Å². The molecular weight excluding hydrogens is 154 g/mol. The number of rotatable bonds is 1. The third kappa shape index (κ3) is 25.6. The monoisotopic (exact) mass is 166 g/mol. The van der Waals surface area contributed by atoms with Gasteiger partial charge in [-0.3, -0.25) is 9.00 Å². The summed E-state index contributed by atoms with van der Waals surface area (Å²) in [6, 6.07) is 0. The van der Waals surface area contributed by atoms with Crippen LogP contribution in [0.5, 0.6) is 0 Å². The fraction of sp³-hybridized carbons (Fsp3) is 0.800.